The Morgan fingerprint density at radius 1 is 1.40 bits per heavy atom. The van der Waals surface area contributed by atoms with Crippen molar-refractivity contribution >= 4 is 23.1 Å². The van der Waals surface area contributed by atoms with Crippen molar-refractivity contribution in [2.24, 2.45) is 0 Å². The predicted octanol–water partition coefficient (Wildman–Crippen LogP) is 3.11. The van der Waals surface area contributed by atoms with Crippen LogP contribution in [0.2, 0.25) is 0 Å². The molecule has 0 radical (unpaired) electrons. The highest BCUT2D eigenvalue weighted by Gasteiger charge is 2.14. The topological polar surface area (TPSA) is 81.0 Å². The summed E-state index contributed by atoms with van der Waals surface area (Å²) >= 11 is 1.50. The minimum Gasteiger partial charge on any atom is -0.380 e. The van der Waals surface area contributed by atoms with Crippen LogP contribution in [0, 0.1) is 10.1 Å². The third-order valence-electron chi connectivity index (χ3n) is 2.55. The number of hydrogen-bond donors (Lipinski definition) is 1. The molecule has 0 fully saturated rings. The maximum atomic E-state index is 11.1. The second kappa shape index (κ2) is 6.85. The number of anilines is 1. The van der Waals surface area contributed by atoms with Crippen LogP contribution in [0.5, 0.6) is 0 Å². The fraction of sp³-hybridized carbons (Fsp3) is 0.231. The monoisotopic (exact) mass is 290 g/mol. The smallest absolute Gasteiger partial charge is 0.292 e. The summed E-state index contributed by atoms with van der Waals surface area (Å²) in [6.07, 6.45) is 4.91. The van der Waals surface area contributed by atoms with Crippen LogP contribution in [0.3, 0.4) is 0 Å². The molecule has 0 amide bonds. The van der Waals surface area contributed by atoms with E-state index in [1.807, 2.05) is 13.0 Å². The second-order valence-electron chi connectivity index (χ2n) is 3.97. The molecule has 0 bridgehead atoms. The lowest BCUT2D eigenvalue weighted by Crippen LogP contribution is -2.01. The Morgan fingerprint density at radius 3 is 2.90 bits per heavy atom. The number of nitro benzene ring substituents is 1. The minimum atomic E-state index is -0.367. The summed E-state index contributed by atoms with van der Waals surface area (Å²) in [4.78, 5) is 18.8. The zero-order chi connectivity index (χ0) is 14.4. The van der Waals surface area contributed by atoms with Gasteiger partial charge in [-0.25, -0.2) is 4.98 Å². The third-order valence-corrected chi connectivity index (χ3v) is 3.54. The summed E-state index contributed by atoms with van der Waals surface area (Å²) in [5.41, 5.74) is 1.53. The van der Waals surface area contributed by atoms with Crippen molar-refractivity contribution in [1.29, 1.82) is 0 Å². The zero-order valence-electron chi connectivity index (χ0n) is 10.9. The van der Waals surface area contributed by atoms with Gasteiger partial charge in [-0.2, -0.15) is 0 Å². The fourth-order valence-corrected chi connectivity index (χ4v) is 2.44. The van der Waals surface area contributed by atoms with Gasteiger partial charge in [0, 0.05) is 30.8 Å². The van der Waals surface area contributed by atoms with Crippen molar-refractivity contribution in [3.8, 4) is 0 Å². The number of nitrogens with one attached hydrogen (secondary N) is 1. The van der Waals surface area contributed by atoms with Crippen LogP contribution in [-0.2, 0) is 5.75 Å². The van der Waals surface area contributed by atoms with Gasteiger partial charge in [-0.3, -0.25) is 15.1 Å². The molecule has 20 heavy (non-hydrogen) atoms. The summed E-state index contributed by atoms with van der Waals surface area (Å²) in [5, 5.41) is 14.8. The molecule has 0 saturated carbocycles. The third kappa shape index (κ3) is 3.67. The molecule has 1 aromatic carbocycles. The highest BCUT2D eigenvalue weighted by molar-refractivity contribution is 7.98. The maximum absolute atomic E-state index is 11.1. The van der Waals surface area contributed by atoms with Gasteiger partial charge in [0.2, 0.25) is 0 Å². The first-order valence-corrected chi connectivity index (χ1v) is 7.09. The number of nitro groups is 1. The van der Waals surface area contributed by atoms with E-state index in [9.17, 15) is 10.1 Å². The molecule has 1 N–H and O–H groups in total. The molecule has 0 saturated heterocycles. The van der Waals surface area contributed by atoms with Gasteiger partial charge in [0.15, 0.2) is 0 Å². The van der Waals surface area contributed by atoms with Crippen LogP contribution < -0.4 is 5.32 Å². The quantitative estimate of drug-likeness (QED) is 0.500. The van der Waals surface area contributed by atoms with Crippen LogP contribution in [0.4, 0.5) is 11.4 Å². The van der Waals surface area contributed by atoms with Crippen molar-refractivity contribution in [3.05, 3.63) is 52.5 Å². The summed E-state index contributed by atoms with van der Waals surface area (Å²) in [6.45, 7) is 2.55. The molecule has 104 valence electrons. The van der Waals surface area contributed by atoms with Gasteiger partial charge in [-0.1, -0.05) is 6.07 Å². The Hall–Kier alpha value is -2.15. The van der Waals surface area contributed by atoms with Crippen molar-refractivity contribution in [1.82, 2.24) is 9.97 Å². The van der Waals surface area contributed by atoms with E-state index in [2.05, 4.69) is 15.3 Å². The highest BCUT2D eigenvalue weighted by Crippen LogP contribution is 2.28. The van der Waals surface area contributed by atoms with Crippen LogP contribution >= 0.6 is 11.8 Å². The van der Waals surface area contributed by atoms with Gasteiger partial charge in [-0.15, -0.1) is 11.8 Å². The normalized spacial score (nSPS) is 10.2. The molecule has 0 unspecified atom stereocenters. The van der Waals surface area contributed by atoms with Crippen molar-refractivity contribution < 1.29 is 4.92 Å². The average Bonchev–Trinajstić information content (AvgIpc) is 2.47. The largest absolute Gasteiger partial charge is 0.380 e. The minimum absolute atomic E-state index is 0.101. The Balaban J connectivity index is 2.13. The molecule has 0 atom stereocenters. The van der Waals surface area contributed by atoms with E-state index in [1.54, 1.807) is 30.7 Å². The first-order valence-electron chi connectivity index (χ1n) is 6.10. The molecule has 0 aliphatic rings. The SMILES string of the molecule is CCNc1ccc(CSc2cnccn2)cc1[N+](=O)[O-]. The molecule has 0 aliphatic carbocycles. The predicted molar refractivity (Wildman–Crippen MR) is 78.9 cm³/mol. The van der Waals surface area contributed by atoms with Gasteiger partial charge in [0.05, 0.1) is 11.1 Å². The van der Waals surface area contributed by atoms with E-state index in [4.69, 9.17) is 0 Å². The Labute approximate surface area is 120 Å². The Morgan fingerprint density at radius 2 is 2.25 bits per heavy atom. The van der Waals surface area contributed by atoms with E-state index in [0.29, 0.717) is 18.0 Å². The van der Waals surface area contributed by atoms with Crippen LogP contribution in [-0.4, -0.2) is 21.4 Å². The first kappa shape index (κ1) is 14.3. The van der Waals surface area contributed by atoms with E-state index < -0.39 is 0 Å². The van der Waals surface area contributed by atoms with Gasteiger partial charge in [0.25, 0.3) is 5.69 Å². The van der Waals surface area contributed by atoms with Gasteiger partial charge < -0.3 is 5.32 Å². The lowest BCUT2D eigenvalue weighted by molar-refractivity contribution is -0.384. The fourth-order valence-electron chi connectivity index (χ4n) is 1.68. The van der Waals surface area contributed by atoms with Crippen molar-refractivity contribution in [2.45, 2.75) is 17.7 Å². The van der Waals surface area contributed by atoms with Gasteiger partial charge in [0.1, 0.15) is 10.7 Å². The van der Waals surface area contributed by atoms with Crippen molar-refractivity contribution in [2.75, 3.05) is 11.9 Å². The van der Waals surface area contributed by atoms with E-state index in [0.717, 1.165) is 10.6 Å². The lowest BCUT2D eigenvalue weighted by Gasteiger charge is -2.06. The molecule has 1 heterocycles. The molecule has 0 spiro atoms. The Bertz CT molecular complexity index is 592. The number of thioether (sulfide) groups is 1. The number of nitrogens with zero attached hydrogens (tertiary/aromatic N) is 3. The first-order chi connectivity index (χ1) is 9.70. The number of aromatic nitrogens is 2. The second-order valence-corrected chi connectivity index (χ2v) is 4.97. The van der Waals surface area contributed by atoms with Crippen LogP contribution in [0.15, 0.2) is 41.8 Å². The molecule has 6 nitrogen and oxygen atoms in total. The highest BCUT2D eigenvalue weighted by atomic mass is 32.2. The molecular formula is C13H14N4O2S. The van der Waals surface area contributed by atoms with Gasteiger partial charge in [-0.05, 0) is 18.6 Å². The van der Waals surface area contributed by atoms with Crippen LogP contribution in [0.1, 0.15) is 12.5 Å². The summed E-state index contributed by atoms with van der Waals surface area (Å²) in [5.74, 6) is 0.617. The van der Waals surface area contributed by atoms with E-state index in [1.165, 1.54) is 11.8 Å². The average molecular weight is 290 g/mol. The summed E-state index contributed by atoms with van der Waals surface area (Å²) in [6, 6.07) is 5.23. The Kier molecular flexibility index (Phi) is 4.89. The van der Waals surface area contributed by atoms with Gasteiger partial charge >= 0.3 is 0 Å². The standard InChI is InChI=1S/C13H14N4O2S/c1-2-15-11-4-3-10(7-12(11)17(18)19)9-20-13-8-14-5-6-16-13/h3-8,15H,2,9H2,1H3. The molecular weight excluding hydrogens is 276 g/mol. The number of benzene rings is 1. The molecule has 7 heteroatoms. The molecule has 2 aromatic rings. The molecule has 0 aliphatic heterocycles. The number of hydrogen-bond acceptors (Lipinski definition) is 6. The lowest BCUT2D eigenvalue weighted by atomic mass is 10.2. The molecule has 2 rings (SSSR count). The zero-order valence-corrected chi connectivity index (χ0v) is 11.8. The summed E-state index contributed by atoms with van der Waals surface area (Å²) in [7, 11) is 0. The van der Waals surface area contributed by atoms with Crippen LogP contribution in [0.25, 0.3) is 0 Å². The maximum Gasteiger partial charge on any atom is 0.292 e. The summed E-state index contributed by atoms with van der Waals surface area (Å²) < 4.78 is 0. The van der Waals surface area contributed by atoms with E-state index in [-0.39, 0.29) is 10.6 Å². The van der Waals surface area contributed by atoms with Crippen molar-refractivity contribution in [3.63, 3.8) is 0 Å². The number of rotatable bonds is 6. The molecule has 1 aromatic heterocycles. The van der Waals surface area contributed by atoms with E-state index >= 15 is 0 Å².